The van der Waals surface area contributed by atoms with Gasteiger partial charge in [0.1, 0.15) is 12.4 Å². The molecule has 120 valence electrons. The zero-order chi connectivity index (χ0) is 14.9. The number of aliphatic imine (C=N–C) groups is 1. The van der Waals surface area contributed by atoms with Crippen LogP contribution in [0, 0.1) is 0 Å². The first-order valence-electron chi connectivity index (χ1n) is 7.66. The minimum absolute atomic E-state index is 0.424. The summed E-state index contributed by atoms with van der Waals surface area (Å²) in [5, 5.41) is 0. The van der Waals surface area contributed by atoms with Crippen LogP contribution in [-0.4, -0.2) is 85.8 Å². The molecule has 7 heteroatoms. The van der Waals surface area contributed by atoms with Crippen molar-refractivity contribution >= 4 is 23.7 Å². The molecule has 0 N–H and O–H groups in total. The molecule has 0 saturated carbocycles. The van der Waals surface area contributed by atoms with E-state index in [1.165, 1.54) is 11.5 Å². The first kappa shape index (κ1) is 16.6. The van der Waals surface area contributed by atoms with Gasteiger partial charge in [0, 0.05) is 50.7 Å². The van der Waals surface area contributed by atoms with Crippen LogP contribution in [0.2, 0.25) is 0 Å². The minimum Gasteiger partial charge on any atom is -0.447 e. The molecule has 0 atom stereocenters. The third-order valence-electron chi connectivity index (χ3n) is 3.65. The molecular formula is C14H25N3O3S. The summed E-state index contributed by atoms with van der Waals surface area (Å²) in [5.74, 6) is 3.14. The van der Waals surface area contributed by atoms with Crippen LogP contribution in [-0.2, 0) is 9.47 Å². The summed E-state index contributed by atoms with van der Waals surface area (Å²) in [7, 11) is 0. The van der Waals surface area contributed by atoms with E-state index in [9.17, 15) is 4.79 Å². The molecule has 2 saturated heterocycles. The summed E-state index contributed by atoms with van der Waals surface area (Å²) in [4.78, 5) is 20.3. The van der Waals surface area contributed by atoms with Crippen molar-refractivity contribution < 1.29 is 14.3 Å². The summed E-state index contributed by atoms with van der Waals surface area (Å²) in [6, 6.07) is 0. The molecular weight excluding hydrogens is 290 g/mol. The number of morpholine rings is 1. The molecule has 0 aromatic heterocycles. The van der Waals surface area contributed by atoms with Crippen molar-refractivity contribution in [2.45, 2.75) is 13.3 Å². The fraction of sp³-hybridized carbons (Fsp3) is 0.857. The Hall–Kier alpha value is -0.790. The van der Waals surface area contributed by atoms with Gasteiger partial charge in [0.25, 0.3) is 0 Å². The van der Waals surface area contributed by atoms with Gasteiger partial charge in [-0.2, -0.15) is 16.8 Å². The SMILES string of the molecule is CCC(=NC(=O)OCCN1CCSCC1)N1CCOCC1. The second-order valence-electron chi connectivity index (χ2n) is 5.05. The van der Waals surface area contributed by atoms with Gasteiger partial charge in [0.2, 0.25) is 0 Å². The molecule has 1 amide bonds. The Labute approximate surface area is 130 Å². The van der Waals surface area contributed by atoms with E-state index in [-0.39, 0.29) is 0 Å². The molecule has 6 nitrogen and oxygen atoms in total. The lowest BCUT2D eigenvalue weighted by molar-refractivity contribution is 0.0669. The zero-order valence-electron chi connectivity index (χ0n) is 12.8. The number of nitrogens with zero attached hydrogens (tertiary/aromatic N) is 3. The number of hydrogen-bond acceptors (Lipinski definition) is 5. The van der Waals surface area contributed by atoms with Gasteiger partial charge in [-0.05, 0) is 0 Å². The molecule has 2 aliphatic heterocycles. The number of ether oxygens (including phenoxy) is 2. The van der Waals surface area contributed by atoms with Gasteiger partial charge in [-0.1, -0.05) is 6.92 Å². The quantitative estimate of drug-likeness (QED) is 0.576. The number of hydrogen-bond donors (Lipinski definition) is 0. The summed E-state index contributed by atoms with van der Waals surface area (Å²) in [6.45, 7) is 8.39. The maximum Gasteiger partial charge on any atom is 0.435 e. The summed E-state index contributed by atoms with van der Waals surface area (Å²) in [5.41, 5.74) is 0. The van der Waals surface area contributed by atoms with Crippen molar-refractivity contribution in [2.24, 2.45) is 4.99 Å². The largest absolute Gasteiger partial charge is 0.447 e. The molecule has 2 aliphatic rings. The second kappa shape index (κ2) is 9.27. The standard InChI is InChI=1S/C14H25N3O3S/c1-2-13(17-4-8-19-9-5-17)15-14(18)20-10-3-16-6-11-21-12-7-16/h2-12H2,1H3. The van der Waals surface area contributed by atoms with E-state index in [0.29, 0.717) is 19.8 Å². The predicted octanol–water partition coefficient (Wildman–Crippen LogP) is 1.31. The van der Waals surface area contributed by atoms with Crippen LogP contribution in [0.4, 0.5) is 4.79 Å². The lowest BCUT2D eigenvalue weighted by atomic mass is 10.3. The first-order chi connectivity index (χ1) is 10.3. The number of carbonyl (C=O) groups excluding carboxylic acids is 1. The summed E-state index contributed by atoms with van der Waals surface area (Å²) in [6.07, 6.45) is 0.267. The third kappa shape index (κ3) is 5.84. The van der Waals surface area contributed by atoms with E-state index in [0.717, 1.165) is 45.0 Å². The van der Waals surface area contributed by atoms with Crippen LogP contribution < -0.4 is 0 Å². The van der Waals surface area contributed by atoms with Gasteiger partial charge in [-0.25, -0.2) is 4.79 Å². The maximum absolute atomic E-state index is 11.8. The monoisotopic (exact) mass is 315 g/mol. The van der Waals surface area contributed by atoms with E-state index >= 15 is 0 Å². The zero-order valence-corrected chi connectivity index (χ0v) is 13.6. The molecule has 0 spiro atoms. The first-order valence-corrected chi connectivity index (χ1v) is 8.82. The van der Waals surface area contributed by atoms with E-state index < -0.39 is 6.09 Å². The highest BCUT2D eigenvalue weighted by Crippen LogP contribution is 2.08. The van der Waals surface area contributed by atoms with Crippen LogP contribution in [0.3, 0.4) is 0 Å². The maximum atomic E-state index is 11.8. The lowest BCUT2D eigenvalue weighted by Gasteiger charge is -2.29. The van der Waals surface area contributed by atoms with Crippen LogP contribution >= 0.6 is 11.8 Å². The van der Waals surface area contributed by atoms with E-state index in [4.69, 9.17) is 9.47 Å². The number of rotatable bonds is 4. The fourth-order valence-corrected chi connectivity index (χ4v) is 3.40. The molecule has 0 aliphatic carbocycles. The van der Waals surface area contributed by atoms with Crippen molar-refractivity contribution in [3.63, 3.8) is 0 Å². The van der Waals surface area contributed by atoms with Gasteiger partial charge >= 0.3 is 6.09 Å². The molecule has 2 fully saturated rings. The molecule has 2 rings (SSSR count). The Bertz CT molecular complexity index is 353. The Kier molecular flexibility index (Phi) is 7.32. The molecule has 2 heterocycles. The summed E-state index contributed by atoms with van der Waals surface area (Å²) < 4.78 is 10.5. The Morgan fingerprint density at radius 3 is 2.62 bits per heavy atom. The molecule has 0 radical (unpaired) electrons. The van der Waals surface area contributed by atoms with Crippen LogP contribution in [0.1, 0.15) is 13.3 Å². The Morgan fingerprint density at radius 2 is 1.95 bits per heavy atom. The molecule has 0 bridgehead atoms. The van der Waals surface area contributed by atoms with Crippen molar-refractivity contribution in [1.29, 1.82) is 0 Å². The molecule has 0 aromatic rings. The normalized spacial score (nSPS) is 21.4. The Balaban J connectivity index is 1.71. The van der Waals surface area contributed by atoms with E-state index in [1.54, 1.807) is 0 Å². The number of thioether (sulfide) groups is 1. The van der Waals surface area contributed by atoms with Gasteiger partial charge in [-0.3, -0.25) is 4.90 Å². The van der Waals surface area contributed by atoms with Crippen LogP contribution in [0.15, 0.2) is 4.99 Å². The van der Waals surface area contributed by atoms with E-state index in [2.05, 4.69) is 14.8 Å². The Morgan fingerprint density at radius 1 is 1.24 bits per heavy atom. The third-order valence-corrected chi connectivity index (χ3v) is 4.59. The number of amidine groups is 1. The predicted molar refractivity (Wildman–Crippen MR) is 85.2 cm³/mol. The molecule has 0 aromatic carbocycles. The van der Waals surface area contributed by atoms with Gasteiger partial charge in [0.05, 0.1) is 13.2 Å². The molecule has 21 heavy (non-hydrogen) atoms. The van der Waals surface area contributed by atoms with Crippen molar-refractivity contribution in [3.8, 4) is 0 Å². The van der Waals surface area contributed by atoms with Gasteiger partial charge in [-0.15, -0.1) is 0 Å². The topological polar surface area (TPSA) is 54.4 Å². The van der Waals surface area contributed by atoms with Crippen LogP contribution in [0.5, 0.6) is 0 Å². The lowest BCUT2D eigenvalue weighted by Crippen LogP contribution is -2.41. The second-order valence-corrected chi connectivity index (χ2v) is 6.27. The highest BCUT2D eigenvalue weighted by molar-refractivity contribution is 7.99. The minimum atomic E-state index is -0.468. The average Bonchev–Trinajstić information content (AvgIpc) is 2.54. The smallest absolute Gasteiger partial charge is 0.435 e. The average molecular weight is 315 g/mol. The van der Waals surface area contributed by atoms with Gasteiger partial charge < -0.3 is 14.4 Å². The summed E-state index contributed by atoms with van der Waals surface area (Å²) >= 11 is 1.98. The van der Waals surface area contributed by atoms with Crippen LogP contribution in [0.25, 0.3) is 0 Å². The molecule has 0 unspecified atom stereocenters. The van der Waals surface area contributed by atoms with Crippen molar-refractivity contribution in [3.05, 3.63) is 0 Å². The number of amides is 1. The van der Waals surface area contributed by atoms with Gasteiger partial charge in [0.15, 0.2) is 0 Å². The van der Waals surface area contributed by atoms with Crippen molar-refractivity contribution in [2.75, 3.05) is 64.1 Å². The number of carbonyl (C=O) groups is 1. The van der Waals surface area contributed by atoms with E-state index in [1.807, 2.05) is 18.7 Å². The highest BCUT2D eigenvalue weighted by Gasteiger charge is 2.16. The van der Waals surface area contributed by atoms with Crippen molar-refractivity contribution in [1.82, 2.24) is 9.80 Å². The highest BCUT2D eigenvalue weighted by atomic mass is 32.2. The fourth-order valence-electron chi connectivity index (χ4n) is 2.42.